The lowest BCUT2D eigenvalue weighted by Gasteiger charge is -2.08. The van der Waals surface area contributed by atoms with Crippen LogP contribution in [0.4, 0.5) is 0 Å². The Balaban J connectivity index is 1.68. The lowest BCUT2D eigenvalue weighted by atomic mass is 10.0. The third kappa shape index (κ3) is 1.78. The first kappa shape index (κ1) is 15.5. The van der Waals surface area contributed by atoms with Gasteiger partial charge in [0, 0.05) is 51.7 Å². The van der Waals surface area contributed by atoms with E-state index < -0.39 is 0 Å². The van der Waals surface area contributed by atoms with Crippen LogP contribution in [0.2, 0.25) is 0 Å². The van der Waals surface area contributed by atoms with Gasteiger partial charge in [0.05, 0.1) is 10.9 Å². The molecular weight excluding hydrogens is 386 g/mol. The van der Waals surface area contributed by atoms with Gasteiger partial charge in [-0.05, 0) is 35.7 Å². The highest BCUT2D eigenvalue weighted by Gasteiger charge is 2.19. The minimum absolute atomic E-state index is 0.835. The number of pyridine rings is 2. The van der Waals surface area contributed by atoms with Crippen LogP contribution in [0.25, 0.3) is 71.2 Å². The van der Waals surface area contributed by atoms with Crippen LogP contribution in [0.5, 0.6) is 0 Å². The number of benzene rings is 3. The first-order valence-electron chi connectivity index (χ1n) is 10.2. The maximum Gasteiger partial charge on any atom is 0.160 e. The highest BCUT2D eigenvalue weighted by molar-refractivity contribution is 6.26. The predicted molar refractivity (Wildman–Crippen MR) is 123 cm³/mol. The van der Waals surface area contributed by atoms with Crippen molar-refractivity contribution in [2.45, 2.75) is 0 Å². The molecule has 144 valence electrons. The number of fused-ring (bicyclic) bond motifs is 14. The maximum atomic E-state index is 6.65. The SMILES string of the molecule is c1ccc2c(c1)oc1ccc3c4ccc5c6ccncc6c6nccn6c5c4oc3c12. The molecule has 0 saturated heterocycles. The zero-order chi connectivity index (χ0) is 20.1. The standard InChI is InChI=1S/C26H13N3O2/c1-2-4-20-18(3-1)22-21(30-20)8-7-16-17-6-5-15-14-9-10-27-13-19(14)26-28-11-12-29(26)23(15)25(17)31-24(16)22/h1-13H. The van der Waals surface area contributed by atoms with Gasteiger partial charge >= 0.3 is 0 Å². The molecule has 0 radical (unpaired) electrons. The quantitative estimate of drug-likeness (QED) is 0.262. The van der Waals surface area contributed by atoms with Gasteiger partial charge in [-0.15, -0.1) is 0 Å². The minimum atomic E-state index is 0.835. The molecular formula is C26H13N3O2. The Morgan fingerprint density at radius 2 is 1.52 bits per heavy atom. The van der Waals surface area contributed by atoms with Crippen LogP contribution in [0.1, 0.15) is 0 Å². The fraction of sp³-hybridized carbons (Fsp3) is 0. The number of imidazole rings is 1. The van der Waals surface area contributed by atoms with Crippen LogP contribution in [-0.2, 0) is 0 Å². The summed E-state index contributed by atoms with van der Waals surface area (Å²) in [6.07, 6.45) is 7.51. The van der Waals surface area contributed by atoms with Gasteiger partial charge in [0.15, 0.2) is 5.58 Å². The molecule has 0 amide bonds. The van der Waals surface area contributed by atoms with E-state index >= 15 is 0 Å². The normalized spacial score (nSPS) is 12.5. The van der Waals surface area contributed by atoms with Gasteiger partial charge in [-0.25, -0.2) is 4.98 Å². The summed E-state index contributed by atoms with van der Waals surface area (Å²) < 4.78 is 14.8. The number of aromatic nitrogens is 3. The van der Waals surface area contributed by atoms with Crippen molar-refractivity contribution in [1.82, 2.24) is 14.4 Å². The van der Waals surface area contributed by atoms with E-state index in [2.05, 4.69) is 38.6 Å². The molecule has 8 aromatic rings. The molecule has 31 heavy (non-hydrogen) atoms. The molecule has 8 rings (SSSR count). The third-order valence-electron chi connectivity index (χ3n) is 6.36. The van der Waals surface area contributed by atoms with Crippen molar-refractivity contribution in [3.63, 3.8) is 0 Å². The van der Waals surface area contributed by atoms with Crippen molar-refractivity contribution >= 4 is 71.2 Å². The van der Waals surface area contributed by atoms with E-state index in [1.54, 1.807) is 0 Å². The summed E-state index contributed by atoms with van der Waals surface area (Å²) in [6.45, 7) is 0. The Labute approximate surface area is 174 Å². The van der Waals surface area contributed by atoms with Crippen molar-refractivity contribution < 1.29 is 8.83 Å². The average molecular weight is 399 g/mol. The fourth-order valence-electron chi connectivity index (χ4n) is 5.04. The molecule has 0 unspecified atom stereocenters. The predicted octanol–water partition coefficient (Wildman–Crippen LogP) is 6.83. The van der Waals surface area contributed by atoms with Gasteiger partial charge in [0.1, 0.15) is 22.4 Å². The molecule has 5 aromatic heterocycles. The molecule has 0 fully saturated rings. The molecule has 0 spiro atoms. The summed E-state index contributed by atoms with van der Waals surface area (Å²) in [5.74, 6) is 0. The first-order chi connectivity index (χ1) is 15.4. The van der Waals surface area contributed by atoms with E-state index in [1.807, 2.05) is 55.1 Å². The second-order valence-electron chi connectivity index (χ2n) is 7.90. The molecule has 5 heteroatoms. The molecule has 5 nitrogen and oxygen atoms in total. The molecule has 0 bridgehead atoms. The maximum absolute atomic E-state index is 6.65. The number of rotatable bonds is 0. The molecule has 0 atom stereocenters. The summed E-state index contributed by atoms with van der Waals surface area (Å²) in [4.78, 5) is 8.92. The molecule has 0 aliphatic rings. The number of hydrogen-bond donors (Lipinski definition) is 0. The lowest BCUT2D eigenvalue weighted by Crippen LogP contribution is -1.91. The van der Waals surface area contributed by atoms with Gasteiger partial charge in [0.2, 0.25) is 0 Å². The van der Waals surface area contributed by atoms with Gasteiger partial charge in [-0.2, -0.15) is 0 Å². The number of furan rings is 2. The molecule has 0 aliphatic carbocycles. The summed E-state index contributed by atoms with van der Waals surface area (Å²) >= 11 is 0. The second-order valence-corrected chi connectivity index (χ2v) is 7.90. The van der Waals surface area contributed by atoms with E-state index in [1.165, 1.54) is 0 Å². The fourth-order valence-corrected chi connectivity index (χ4v) is 5.04. The number of para-hydroxylation sites is 1. The van der Waals surface area contributed by atoms with Crippen molar-refractivity contribution in [3.8, 4) is 0 Å². The van der Waals surface area contributed by atoms with E-state index in [0.717, 1.165) is 71.2 Å². The Morgan fingerprint density at radius 1 is 0.645 bits per heavy atom. The second kappa shape index (κ2) is 5.21. The smallest absolute Gasteiger partial charge is 0.160 e. The summed E-state index contributed by atoms with van der Waals surface area (Å²) in [5.41, 5.74) is 5.30. The van der Waals surface area contributed by atoms with E-state index in [-0.39, 0.29) is 0 Å². The third-order valence-corrected chi connectivity index (χ3v) is 6.36. The van der Waals surface area contributed by atoms with Crippen LogP contribution in [-0.4, -0.2) is 14.4 Å². The van der Waals surface area contributed by atoms with Crippen molar-refractivity contribution in [1.29, 1.82) is 0 Å². The highest BCUT2D eigenvalue weighted by Crippen LogP contribution is 2.42. The van der Waals surface area contributed by atoms with E-state index in [4.69, 9.17) is 8.83 Å². The zero-order valence-corrected chi connectivity index (χ0v) is 16.2. The number of nitrogens with zero attached hydrogens (tertiary/aromatic N) is 3. The monoisotopic (exact) mass is 399 g/mol. The van der Waals surface area contributed by atoms with Crippen LogP contribution in [0.3, 0.4) is 0 Å². The first-order valence-corrected chi connectivity index (χ1v) is 10.2. The summed E-state index contributed by atoms with van der Waals surface area (Å²) in [6, 6.07) is 18.6. The minimum Gasteiger partial charge on any atom is -0.456 e. The van der Waals surface area contributed by atoms with Gasteiger partial charge in [-0.1, -0.05) is 24.3 Å². The highest BCUT2D eigenvalue weighted by atomic mass is 16.3. The summed E-state index contributed by atoms with van der Waals surface area (Å²) in [7, 11) is 0. The van der Waals surface area contributed by atoms with E-state index in [0.29, 0.717) is 0 Å². The summed E-state index contributed by atoms with van der Waals surface area (Å²) in [5, 5.41) is 7.50. The molecule has 5 heterocycles. The average Bonchev–Trinajstić information content (AvgIpc) is 3.53. The van der Waals surface area contributed by atoms with E-state index in [9.17, 15) is 0 Å². The largest absolute Gasteiger partial charge is 0.456 e. The Morgan fingerprint density at radius 3 is 2.52 bits per heavy atom. The van der Waals surface area contributed by atoms with Crippen molar-refractivity contribution in [2.75, 3.05) is 0 Å². The van der Waals surface area contributed by atoms with Crippen LogP contribution in [0.15, 0.2) is 88.2 Å². The zero-order valence-electron chi connectivity index (χ0n) is 16.2. The molecule has 0 N–H and O–H groups in total. The Bertz CT molecular complexity index is 2010. The van der Waals surface area contributed by atoms with Gasteiger partial charge < -0.3 is 8.83 Å². The molecule has 0 saturated carbocycles. The molecule has 3 aromatic carbocycles. The van der Waals surface area contributed by atoms with Gasteiger partial charge in [0.25, 0.3) is 0 Å². The lowest BCUT2D eigenvalue weighted by molar-refractivity contribution is 0.663. The topological polar surface area (TPSA) is 56.5 Å². The van der Waals surface area contributed by atoms with Crippen LogP contribution in [0, 0.1) is 0 Å². The van der Waals surface area contributed by atoms with Crippen molar-refractivity contribution in [3.05, 3.63) is 79.4 Å². The van der Waals surface area contributed by atoms with Crippen LogP contribution >= 0.6 is 0 Å². The van der Waals surface area contributed by atoms with Crippen molar-refractivity contribution in [2.24, 2.45) is 0 Å². The van der Waals surface area contributed by atoms with Crippen LogP contribution < -0.4 is 0 Å². The molecule has 0 aliphatic heterocycles. The number of hydrogen-bond acceptors (Lipinski definition) is 4. The Kier molecular flexibility index (Phi) is 2.60. The van der Waals surface area contributed by atoms with Gasteiger partial charge in [-0.3, -0.25) is 9.38 Å². The Hall–Kier alpha value is -4.38.